The van der Waals surface area contributed by atoms with E-state index < -0.39 is 0 Å². The lowest BCUT2D eigenvalue weighted by atomic mass is 10.0. The minimum absolute atomic E-state index is 0.0640. The summed E-state index contributed by atoms with van der Waals surface area (Å²) in [7, 11) is 0. The van der Waals surface area contributed by atoms with E-state index in [9.17, 15) is 9.59 Å². The summed E-state index contributed by atoms with van der Waals surface area (Å²) in [4.78, 5) is 27.0. The van der Waals surface area contributed by atoms with Gasteiger partial charge in [-0.3, -0.25) is 14.1 Å². The number of carbonyl (C=O) groups excluding carboxylic acids is 1. The number of hydrogen-bond donors (Lipinski definition) is 1. The van der Waals surface area contributed by atoms with Gasteiger partial charge in [0.05, 0.1) is 0 Å². The van der Waals surface area contributed by atoms with Crippen LogP contribution in [0.25, 0.3) is 5.65 Å². The standard InChI is InChI=1S/C20H22ClN5O2/c21-16-6-4-15(5-7-16)13-24-11-8-17(9-12-24)22-19(27)14-26-20(28)25-10-2-1-3-18(25)23-26/h1-7,10,17H,8-9,11-14H2,(H,22,27). The second-order valence-electron chi connectivity index (χ2n) is 7.11. The van der Waals surface area contributed by atoms with Crippen molar-refractivity contribution in [2.24, 2.45) is 0 Å². The van der Waals surface area contributed by atoms with Crippen LogP contribution < -0.4 is 11.0 Å². The first-order chi connectivity index (χ1) is 13.6. The van der Waals surface area contributed by atoms with Gasteiger partial charge in [-0.05, 0) is 42.7 Å². The van der Waals surface area contributed by atoms with E-state index in [1.807, 2.05) is 30.3 Å². The summed E-state index contributed by atoms with van der Waals surface area (Å²) in [5.41, 5.74) is 1.47. The average molecular weight is 400 g/mol. The van der Waals surface area contributed by atoms with Gasteiger partial charge in [0.15, 0.2) is 5.65 Å². The van der Waals surface area contributed by atoms with Crippen molar-refractivity contribution in [1.29, 1.82) is 0 Å². The number of amides is 1. The van der Waals surface area contributed by atoms with Crippen LogP contribution in [-0.4, -0.2) is 44.1 Å². The molecular weight excluding hydrogens is 378 g/mol. The number of aromatic nitrogens is 3. The third kappa shape index (κ3) is 4.26. The second kappa shape index (κ2) is 8.16. The molecule has 0 bridgehead atoms. The average Bonchev–Trinajstić information content (AvgIpc) is 3.01. The third-order valence-electron chi connectivity index (χ3n) is 5.05. The van der Waals surface area contributed by atoms with Gasteiger partial charge in [0.1, 0.15) is 6.54 Å². The normalized spacial score (nSPS) is 15.8. The van der Waals surface area contributed by atoms with Crippen molar-refractivity contribution in [2.45, 2.75) is 32.0 Å². The van der Waals surface area contributed by atoms with E-state index in [2.05, 4.69) is 15.3 Å². The van der Waals surface area contributed by atoms with Gasteiger partial charge in [-0.25, -0.2) is 9.48 Å². The van der Waals surface area contributed by atoms with Crippen LogP contribution in [0.5, 0.6) is 0 Å². The molecule has 7 nitrogen and oxygen atoms in total. The fourth-order valence-corrected chi connectivity index (χ4v) is 3.69. The van der Waals surface area contributed by atoms with Crippen LogP contribution in [0.4, 0.5) is 0 Å². The van der Waals surface area contributed by atoms with E-state index in [0.29, 0.717) is 5.65 Å². The van der Waals surface area contributed by atoms with Crippen molar-refractivity contribution in [3.05, 3.63) is 69.7 Å². The molecule has 146 valence electrons. The lowest BCUT2D eigenvalue weighted by molar-refractivity contribution is -0.122. The van der Waals surface area contributed by atoms with Gasteiger partial charge in [0.2, 0.25) is 5.91 Å². The molecule has 0 saturated carbocycles. The molecule has 1 N–H and O–H groups in total. The number of hydrogen-bond acceptors (Lipinski definition) is 4. The molecule has 28 heavy (non-hydrogen) atoms. The SMILES string of the molecule is O=C(Cn1nc2ccccn2c1=O)NC1CCN(Cc2ccc(Cl)cc2)CC1. The Morgan fingerprint density at radius 1 is 1.14 bits per heavy atom. The van der Waals surface area contributed by atoms with E-state index in [1.54, 1.807) is 18.3 Å². The molecule has 8 heteroatoms. The van der Waals surface area contributed by atoms with Gasteiger partial charge in [0, 0.05) is 36.9 Å². The number of piperidine rings is 1. The first-order valence-electron chi connectivity index (χ1n) is 9.39. The number of nitrogens with one attached hydrogen (secondary N) is 1. The fraction of sp³-hybridized carbons (Fsp3) is 0.350. The summed E-state index contributed by atoms with van der Waals surface area (Å²) in [6.07, 6.45) is 3.42. The van der Waals surface area contributed by atoms with Crippen LogP contribution in [0.2, 0.25) is 5.02 Å². The van der Waals surface area contributed by atoms with Crippen molar-refractivity contribution >= 4 is 23.2 Å². The molecule has 0 spiro atoms. The van der Waals surface area contributed by atoms with E-state index in [0.717, 1.165) is 37.5 Å². The largest absolute Gasteiger partial charge is 0.352 e. The van der Waals surface area contributed by atoms with Crippen LogP contribution in [0.15, 0.2) is 53.5 Å². The van der Waals surface area contributed by atoms with Gasteiger partial charge in [-0.1, -0.05) is 29.8 Å². The Hall–Kier alpha value is -2.64. The van der Waals surface area contributed by atoms with Crippen molar-refractivity contribution in [1.82, 2.24) is 24.4 Å². The molecule has 3 aromatic rings. The minimum atomic E-state index is -0.302. The van der Waals surface area contributed by atoms with Gasteiger partial charge in [-0.2, -0.15) is 0 Å². The minimum Gasteiger partial charge on any atom is -0.352 e. The maximum atomic E-state index is 12.4. The highest BCUT2D eigenvalue weighted by atomic mass is 35.5. The zero-order valence-electron chi connectivity index (χ0n) is 15.4. The summed E-state index contributed by atoms with van der Waals surface area (Å²) in [5, 5.41) is 7.98. The number of halogens is 1. The molecule has 1 aliphatic heterocycles. The van der Waals surface area contributed by atoms with Gasteiger partial charge in [0.25, 0.3) is 0 Å². The van der Waals surface area contributed by atoms with Crippen LogP contribution in [0, 0.1) is 0 Å². The van der Waals surface area contributed by atoms with E-state index in [4.69, 9.17) is 11.6 Å². The van der Waals surface area contributed by atoms with E-state index >= 15 is 0 Å². The summed E-state index contributed by atoms with van der Waals surface area (Å²) in [6, 6.07) is 13.3. The number of likely N-dealkylation sites (tertiary alicyclic amines) is 1. The van der Waals surface area contributed by atoms with Gasteiger partial charge < -0.3 is 5.32 Å². The Kier molecular flexibility index (Phi) is 5.45. The Labute approximate surface area is 167 Å². The Morgan fingerprint density at radius 3 is 2.61 bits per heavy atom. The monoisotopic (exact) mass is 399 g/mol. The fourth-order valence-electron chi connectivity index (χ4n) is 3.56. The Balaban J connectivity index is 1.28. The maximum absolute atomic E-state index is 12.4. The molecule has 1 aromatic carbocycles. The molecule has 0 atom stereocenters. The van der Waals surface area contributed by atoms with Crippen molar-refractivity contribution < 1.29 is 4.79 Å². The van der Waals surface area contributed by atoms with Crippen molar-refractivity contribution in [2.75, 3.05) is 13.1 Å². The number of rotatable bonds is 5. The molecule has 0 unspecified atom stereocenters. The molecule has 2 aromatic heterocycles. The number of carbonyl (C=O) groups is 1. The first-order valence-corrected chi connectivity index (χ1v) is 9.77. The highest BCUT2D eigenvalue weighted by molar-refractivity contribution is 6.30. The molecule has 0 radical (unpaired) electrons. The van der Waals surface area contributed by atoms with Crippen molar-refractivity contribution in [3.8, 4) is 0 Å². The first kappa shape index (κ1) is 18.7. The third-order valence-corrected chi connectivity index (χ3v) is 5.31. The number of nitrogens with zero attached hydrogens (tertiary/aromatic N) is 4. The highest BCUT2D eigenvalue weighted by Crippen LogP contribution is 2.16. The van der Waals surface area contributed by atoms with Gasteiger partial charge in [-0.15, -0.1) is 5.10 Å². The Morgan fingerprint density at radius 2 is 1.89 bits per heavy atom. The topological polar surface area (TPSA) is 71.6 Å². The van der Waals surface area contributed by atoms with E-state index in [1.165, 1.54) is 14.6 Å². The van der Waals surface area contributed by atoms with Gasteiger partial charge >= 0.3 is 5.69 Å². The lowest BCUT2D eigenvalue weighted by Crippen LogP contribution is -2.45. The molecule has 1 aliphatic rings. The number of benzene rings is 1. The van der Waals surface area contributed by atoms with Crippen LogP contribution in [0.1, 0.15) is 18.4 Å². The Bertz CT molecular complexity index is 1020. The quantitative estimate of drug-likeness (QED) is 0.711. The summed E-state index contributed by atoms with van der Waals surface area (Å²) in [6.45, 7) is 2.66. The smallest absolute Gasteiger partial charge is 0.350 e. The zero-order chi connectivity index (χ0) is 19.5. The molecular formula is C20H22ClN5O2. The molecule has 4 rings (SSSR count). The summed E-state index contributed by atoms with van der Waals surface area (Å²) < 4.78 is 2.64. The summed E-state index contributed by atoms with van der Waals surface area (Å²) in [5.74, 6) is -0.179. The zero-order valence-corrected chi connectivity index (χ0v) is 16.2. The molecule has 1 fully saturated rings. The number of fused-ring (bicyclic) bond motifs is 1. The number of pyridine rings is 1. The van der Waals surface area contributed by atoms with Crippen LogP contribution >= 0.6 is 11.6 Å². The van der Waals surface area contributed by atoms with Crippen molar-refractivity contribution in [3.63, 3.8) is 0 Å². The van der Waals surface area contributed by atoms with E-state index in [-0.39, 0.29) is 24.2 Å². The maximum Gasteiger partial charge on any atom is 0.350 e. The molecule has 0 aliphatic carbocycles. The predicted molar refractivity (Wildman–Crippen MR) is 107 cm³/mol. The second-order valence-corrected chi connectivity index (χ2v) is 7.55. The molecule has 1 saturated heterocycles. The van der Waals surface area contributed by atoms with Crippen LogP contribution in [0.3, 0.4) is 0 Å². The summed E-state index contributed by atoms with van der Waals surface area (Å²) >= 11 is 5.93. The molecule has 3 heterocycles. The van der Waals surface area contributed by atoms with Crippen LogP contribution in [-0.2, 0) is 17.9 Å². The molecule has 1 amide bonds. The predicted octanol–water partition coefficient (Wildman–Crippen LogP) is 1.93. The lowest BCUT2D eigenvalue weighted by Gasteiger charge is -2.32. The highest BCUT2D eigenvalue weighted by Gasteiger charge is 2.21.